The van der Waals surface area contributed by atoms with Crippen molar-refractivity contribution in [1.29, 1.82) is 0 Å². The molecule has 20 atom stereocenters. The Morgan fingerprint density at radius 2 is 1.62 bits per heavy atom. The predicted molar refractivity (Wildman–Crippen MR) is 289 cm³/mol. The zero-order valence-corrected chi connectivity index (χ0v) is 45.8. The molecule has 1 spiro atoms. The molecule has 2 heterocycles. The standard InChI is InChI=1S/C64H91N3O7/c1-59(73)24-7-8-25-60(2)56-49(67-35-59)31-64-41(34-68)20-18-37-12-9-13-38-19-21-45(55(71)58-63(5,74-58)47-17-11-16-44(47)39-14-10-15-42(65)28-39)53(52(37)38)54-48(62(64,4)32-50(54)70)22-23-51(64)61(56,3)30-46(57(60)72)40-26-36(33-66-6)27-43(69)29-40/h10,14-15,26-29,37-38,41,44-47,49,51-53,55-56,58,66-69,71,73H,7-9,11-13,16-25,30-35,65H2,1-6H3. The third kappa shape index (κ3) is 7.71. The van der Waals surface area contributed by atoms with Gasteiger partial charge in [0.1, 0.15) is 17.6 Å². The highest BCUT2D eigenvalue weighted by molar-refractivity contribution is 6.01. The molecule has 0 amide bonds. The first-order valence-electron chi connectivity index (χ1n) is 29.9. The SMILES string of the molecule is CNCc1cc(O)cc(C2CC3(C)C4C(CC56C(CO)CCC7CCCC8CCC(C(O)C9OC9(C)C9CCCC9c9cccc(N)c9)C(C9=C(CCC35)C6(C)CC9=O)C87)NCC(C)(O)CCCCC4(C)C2=O)c1. The van der Waals surface area contributed by atoms with Gasteiger partial charge in [0, 0.05) is 54.6 Å². The molecule has 12 rings (SSSR count). The number of hydrogen-bond acceptors (Lipinski definition) is 10. The lowest BCUT2D eigenvalue weighted by Gasteiger charge is -2.73. The Labute approximate surface area is 442 Å². The maximum Gasteiger partial charge on any atom is 0.160 e. The van der Waals surface area contributed by atoms with Gasteiger partial charge in [-0.1, -0.05) is 83.1 Å². The van der Waals surface area contributed by atoms with Crippen LogP contribution in [0, 0.1) is 74.9 Å². The number of ketones is 2. The number of nitrogens with two attached hydrogens (primary N) is 1. The molecule has 74 heavy (non-hydrogen) atoms. The van der Waals surface area contributed by atoms with Crippen LogP contribution in [0.1, 0.15) is 185 Å². The van der Waals surface area contributed by atoms with Crippen molar-refractivity contribution in [2.75, 3.05) is 25.9 Å². The normalized spacial score (nSPS) is 47.3. The lowest BCUT2D eigenvalue weighted by Crippen LogP contribution is -2.73. The third-order valence-electron chi connectivity index (χ3n) is 24.4. The van der Waals surface area contributed by atoms with Crippen molar-refractivity contribution in [2.24, 2.45) is 74.9 Å². The Kier molecular flexibility index (Phi) is 12.9. The molecule has 4 bridgehead atoms. The van der Waals surface area contributed by atoms with E-state index in [1.165, 1.54) is 24.0 Å². The van der Waals surface area contributed by atoms with Crippen molar-refractivity contribution in [3.63, 3.8) is 0 Å². The predicted octanol–water partition coefficient (Wildman–Crippen LogP) is 10.3. The Morgan fingerprint density at radius 3 is 2.38 bits per heavy atom. The molecule has 0 aromatic heterocycles. The van der Waals surface area contributed by atoms with Gasteiger partial charge in [-0.15, -0.1) is 0 Å². The number of carbonyl (C=O) groups is 2. The van der Waals surface area contributed by atoms with Gasteiger partial charge in [0.25, 0.3) is 0 Å². The quantitative estimate of drug-likeness (QED) is 0.0995. The number of epoxide rings is 1. The Morgan fingerprint density at radius 1 is 0.865 bits per heavy atom. The fourth-order valence-corrected chi connectivity index (χ4v) is 21.7. The summed E-state index contributed by atoms with van der Waals surface area (Å²) in [4.78, 5) is 31.8. The molecule has 2 aliphatic heterocycles. The van der Waals surface area contributed by atoms with E-state index in [-0.39, 0.29) is 71.6 Å². The van der Waals surface area contributed by atoms with E-state index in [4.69, 9.17) is 10.5 Å². The Balaban J connectivity index is 0.990. The van der Waals surface area contributed by atoms with Crippen molar-refractivity contribution in [3.05, 3.63) is 70.3 Å². The number of phenolic OH excluding ortho intramolecular Hbond substituents is 1. The molecular weight excluding hydrogens is 923 g/mol. The minimum Gasteiger partial charge on any atom is -0.508 e. The third-order valence-corrected chi connectivity index (χ3v) is 24.4. The van der Waals surface area contributed by atoms with E-state index in [0.717, 1.165) is 112 Å². The van der Waals surface area contributed by atoms with E-state index < -0.39 is 44.9 Å². The van der Waals surface area contributed by atoms with Crippen molar-refractivity contribution in [3.8, 4) is 5.75 Å². The summed E-state index contributed by atoms with van der Waals surface area (Å²) >= 11 is 0. The monoisotopic (exact) mass is 1010 g/mol. The topological polar surface area (TPSA) is 178 Å². The second-order valence-electron chi connectivity index (χ2n) is 28.1. The van der Waals surface area contributed by atoms with Gasteiger partial charge in [0.15, 0.2) is 5.78 Å². The number of nitrogens with one attached hydrogen (secondary N) is 2. The van der Waals surface area contributed by atoms with E-state index >= 15 is 9.59 Å². The molecular formula is C64H91N3O7. The molecule has 2 aromatic rings. The van der Waals surface area contributed by atoms with Gasteiger partial charge in [0.2, 0.25) is 0 Å². The number of phenols is 1. The summed E-state index contributed by atoms with van der Waals surface area (Å²) < 4.78 is 6.92. The van der Waals surface area contributed by atoms with Crippen LogP contribution in [0.4, 0.5) is 5.69 Å². The number of Topliss-reactive ketones (excluding diaryl/α,β-unsaturated/α-hetero) is 2. The molecule has 10 nitrogen and oxygen atoms in total. The van der Waals surface area contributed by atoms with Crippen molar-refractivity contribution in [2.45, 2.75) is 204 Å². The summed E-state index contributed by atoms with van der Waals surface area (Å²) in [5.74, 6) is 2.01. The van der Waals surface area contributed by atoms with Crippen LogP contribution in [-0.2, 0) is 20.9 Å². The van der Waals surface area contributed by atoms with Crippen LogP contribution in [0.5, 0.6) is 5.75 Å². The number of ether oxygens (including phenoxy) is 1. The molecule has 2 aromatic carbocycles. The molecule has 6 saturated carbocycles. The number of β-amino-alcohol motifs (C(OH)–C–C–N with tert-alkyl or cyclic N) is 1. The van der Waals surface area contributed by atoms with Gasteiger partial charge in [-0.25, -0.2) is 0 Å². The summed E-state index contributed by atoms with van der Waals surface area (Å²) in [6, 6.07) is 14.0. The number of benzene rings is 2. The summed E-state index contributed by atoms with van der Waals surface area (Å²) in [6.45, 7) is 12.5. The van der Waals surface area contributed by atoms with Gasteiger partial charge in [0.05, 0.1) is 17.3 Å². The average molecular weight is 1010 g/mol. The van der Waals surface area contributed by atoms with E-state index in [1.807, 2.05) is 26.1 Å². The average Bonchev–Trinajstić information content (AvgIpc) is 3.65. The van der Waals surface area contributed by atoms with Crippen molar-refractivity contribution >= 4 is 17.3 Å². The summed E-state index contributed by atoms with van der Waals surface area (Å²) in [5.41, 5.74) is 9.14. The molecule has 10 heteroatoms. The fourth-order valence-electron chi connectivity index (χ4n) is 21.7. The minimum absolute atomic E-state index is 0.0364. The van der Waals surface area contributed by atoms with Gasteiger partial charge < -0.3 is 41.5 Å². The van der Waals surface area contributed by atoms with E-state index in [1.54, 1.807) is 6.07 Å². The highest BCUT2D eigenvalue weighted by Gasteiger charge is 2.76. The summed E-state index contributed by atoms with van der Waals surface area (Å²) in [6.07, 6.45) is 16.2. The van der Waals surface area contributed by atoms with E-state index in [9.17, 15) is 20.4 Å². The number of aromatic hydroxyl groups is 1. The number of allylic oxidation sites excluding steroid dienone is 2. The number of aliphatic hydroxyl groups excluding tert-OH is 2. The first-order valence-corrected chi connectivity index (χ1v) is 29.9. The van der Waals surface area contributed by atoms with Crippen LogP contribution in [0.15, 0.2) is 53.6 Å². The zero-order valence-electron chi connectivity index (χ0n) is 45.8. The number of aliphatic hydroxyl groups is 3. The molecule has 8 N–H and O–H groups in total. The van der Waals surface area contributed by atoms with Crippen molar-refractivity contribution < 1.29 is 34.8 Å². The minimum atomic E-state index is -0.922. The van der Waals surface area contributed by atoms with Crippen LogP contribution < -0.4 is 16.4 Å². The smallest absolute Gasteiger partial charge is 0.160 e. The maximum atomic E-state index is 16.0. The Hall–Kier alpha value is -3.12. The molecule has 2 saturated heterocycles. The molecule has 8 fully saturated rings. The first kappa shape index (κ1) is 51.6. The molecule has 8 aliphatic carbocycles. The first-order chi connectivity index (χ1) is 35.3. The number of carbonyl (C=O) groups excluding carboxylic acids is 2. The van der Waals surface area contributed by atoms with Crippen molar-refractivity contribution in [1.82, 2.24) is 10.6 Å². The number of hydrogen-bond donors (Lipinski definition) is 7. The molecule has 404 valence electrons. The van der Waals surface area contributed by atoms with E-state index in [0.29, 0.717) is 56.0 Å². The van der Waals surface area contributed by atoms with Crippen LogP contribution in [0.2, 0.25) is 0 Å². The van der Waals surface area contributed by atoms with Crippen LogP contribution in [0.25, 0.3) is 0 Å². The molecule has 20 unspecified atom stereocenters. The van der Waals surface area contributed by atoms with E-state index in [2.05, 4.69) is 62.6 Å². The van der Waals surface area contributed by atoms with Crippen LogP contribution in [0.3, 0.4) is 0 Å². The summed E-state index contributed by atoms with van der Waals surface area (Å²) in [7, 11) is 1.91. The number of rotatable bonds is 8. The highest BCUT2D eigenvalue weighted by Crippen LogP contribution is 2.78. The highest BCUT2D eigenvalue weighted by atomic mass is 16.6. The Bertz CT molecular complexity index is 2560. The van der Waals surface area contributed by atoms with Crippen LogP contribution >= 0.6 is 0 Å². The lowest BCUT2D eigenvalue weighted by atomic mass is 9.31. The van der Waals surface area contributed by atoms with Gasteiger partial charge in [-0.05, 0) is 214 Å². The lowest BCUT2D eigenvalue weighted by molar-refractivity contribution is -0.226. The summed E-state index contributed by atoms with van der Waals surface area (Å²) in [5, 5.41) is 56.1. The molecule has 10 aliphatic rings. The van der Waals surface area contributed by atoms with Gasteiger partial charge in [-0.2, -0.15) is 0 Å². The number of fused-ring (bicyclic) bond motifs is 2. The molecule has 0 radical (unpaired) electrons. The van der Waals surface area contributed by atoms with Gasteiger partial charge >= 0.3 is 0 Å². The second-order valence-corrected chi connectivity index (χ2v) is 28.1. The van der Waals surface area contributed by atoms with Gasteiger partial charge in [-0.3, -0.25) is 9.59 Å². The number of nitrogen functional groups attached to an aromatic ring is 1. The number of anilines is 1. The maximum absolute atomic E-state index is 16.0. The largest absolute Gasteiger partial charge is 0.508 e. The zero-order chi connectivity index (χ0) is 51.9. The van der Waals surface area contributed by atoms with Crippen LogP contribution in [-0.4, -0.2) is 81.6 Å². The second kappa shape index (κ2) is 18.5. The fraction of sp³-hybridized carbons (Fsp3) is 0.750.